The maximum absolute atomic E-state index is 11.8. The van der Waals surface area contributed by atoms with Gasteiger partial charge in [-0.25, -0.2) is 9.78 Å². The third kappa shape index (κ3) is 4.68. The largest absolute Gasteiger partial charge is 0.478 e. The van der Waals surface area contributed by atoms with Crippen LogP contribution in [0.4, 0.5) is 11.5 Å². The van der Waals surface area contributed by atoms with Gasteiger partial charge in [0, 0.05) is 19.5 Å². The minimum absolute atomic E-state index is 0.0310. The van der Waals surface area contributed by atoms with E-state index in [-0.39, 0.29) is 23.4 Å². The molecule has 1 aliphatic rings. The van der Waals surface area contributed by atoms with E-state index >= 15 is 0 Å². The molecule has 1 aliphatic heterocycles. The number of aromatic carboxylic acids is 1. The molecule has 0 radical (unpaired) electrons. The van der Waals surface area contributed by atoms with Crippen LogP contribution in [0.5, 0.6) is 0 Å². The van der Waals surface area contributed by atoms with Crippen LogP contribution in [0.3, 0.4) is 0 Å². The van der Waals surface area contributed by atoms with E-state index in [1.807, 2.05) is 4.90 Å². The number of hydrogen-bond donors (Lipinski definition) is 2. The number of nitrogens with zero attached hydrogens (tertiary/aromatic N) is 2. The monoisotopic (exact) mass is 349 g/mol. The van der Waals surface area contributed by atoms with Gasteiger partial charge in [0.05, 0.1) is 24.4 Å². The number of anilines is 2. The highest BCUT2D eigenvalue weighted by Gasteiger charge is 2.28. The summed E-state index contributed by atoms with van der Waals surface area (Å²) in [7, 11) is 0. The summed E-state index contributed by atoms with van der Waals surface area (Å²) in [6.07, 6.45) is 2.93. The number of carboxylic acids is 1. The zero-order valence-corrected chi connectivity index (χ0v) is 14.4. The summed E-state index contributed by atoms with van der Waals surface area (Å²) in [5.41, 5.74) is 0.387. The van der Waals surface area contributed by atoms with Crippen molar-refractivity contribution < 1.29 is 24.2 Å². The van der Waals surface area contributed by atoms with Gasteiger partial charge in [-0.1, -0.05) is 6.92 Å². The lowest BCUT2D eigenvalue weighted by Crippen LogP contribution is -2.38. The molecule has 0 saturated carbocycles. The van der Waals surface area contributed by atoms with E-state index in [1.54, 1.807) is 13.8 Å². The van der Waals surface area contributed by atoms with Crippen molar-refractivity contribution >= 4 is 29.4 Å². The van der Waals surface area contributed by atoms with Gasteiger partial charge in [-0.3, -0.25) is 9.59 Å². The lowest BCUT2D eigenvalue weighted by Gasteiger charge is -2.32. The molecule has 0 bridgehead atoms. The zero-order chi connectivity index (χ0) is 18.4. The first-order valence-corrected chi connectivity index (χ1v) is 8.41. The molecule has 1 aromatic heterocycles. The fraction of sp³-hybridized carbons (Fsp3) is 0.529. The fourth-order valence-corrected chi connectivity index (χ4v) is 2.77. The average Bonchev–Trinajstić information content (AvgIpc) is 2.62. The summed E-state index contributed by atoms with van der Waals surface area (Å²) < 4.78 is 5.04. The number of carbonyl (C=O) groups is 3. The molecular weight excluding hydrogens is 326 g/mol. The second-order valence-corrected chi connectivity index (χ2v) is 5.82. The van der Waals surface area contributed by atoms with Crippen LogP contribution in [0.2, 0.25) is 0 Å². The maximum atomic E-state index is 11.8. The molecule has 0 atom stereocenters. The van der Waals surface area contributed by atoms with E-state index in [1.165, 1.54) is 12.3 Å². The van der Waals surface area contributed by atoms with Crippen molar-refractivity contribution in [3.8, 4) is 0 Å². The second-order valence-electron chi connectivity index (χ2n) is 5.82. The van der Waals surface area contributed by atoms with Crippen LogP contribution in [0.15, 0.2) is 12.3 Å². The third-order valence-corrected chi connectivity index (χ3v) is 4.12. The van der Waals surface area contributed by atoms with Crippen LogP contribution in [0, 0.1) is 5.92 Å². The molecule has 0 aliphatic carbocycles. The van der Waals surface area contributed by atoms with Crippen LogP contribution < -0.4 is 10.2 Å². The Kier molecular flexibility index (Phi) is 6.32. The van der Waals surface area contributed by atoms with Crippen molar-refractivity contribution in [3.63, 3.8) is 0 Å². The van der Waals surface area contributed by atoms with Crippen LogP contribution in [0.25, 0.3) is 0 Å². The van der Waals surface area contributed by atoms with E-state index in [4.69, 9.17) is 4.74 Å². The average molecular weight is 349 g/mol. The van der Waals surface area contributed by atoms with Crippen LogP contribution in [-0.4, -0.2) is 47.6 Å². The predicted octanol–water partition coefficient (Wildman–Crippen LogP) is 1.91. The summed E-state index contributed by atoms with van der Waals surface area (Å²) in [6, 6.07) is 1.41. The topological polar surface area (TPSA) is 109 Å². The number of rotatable bonds is 6. The summed E-state index contributed by atoms with van der Waals surface area (Å²) in [5, 5.41) is 12.1. The van der Waals surface area contributed by atoms with Crippen LogP contribution in [-0.2, 0) is 14.3 Å². The molecule has 136 valence electrons. The van der Waals surface area contributed by atoms with Gasteiger partial charge in [0.15, 0.2) is 0 Å². The Morgan fingerprint density at radius 2 is 2.00 bits per heavy atom. The Labute approximate surface area is 146 Å². The Morgan fingerprint density at radius 1 is 1.32 bits per heavy atom. The maximum Gasteiger partial charge on any atom is 0.339 e. The number of aromatic nitrogens is 1. The van der Waals surface area contributed by atoms with E-state index in [9.17, 15) is 19.5 Å². The Hall–Kier alpha value is -2.64. The summed E-state index contributed by atoms with van der Waals surface area (Å²) in [4.78, 5) is 40.9. The number of piperidine rings is 1. The van der Waals surface area contributed by atoms with E-state index in [0.29, 0.717) is 50.5 Å². The summed E-state index contributed by atoms with van der Waals surface area (Å²) >= 11 is 0. The quantitative estimate of drug-likeness (QED) is 0.755. The van der Waals surface area contributed by atoms with Crippen molar-refractivity contribution in [3.05, 3.63) is 17.8 Å². The first-order chi connectivity index (χ1) is 12.0. The van der Waals surface area contributed by atoms with Gasteiger partial charge in [-0.15, -0.1) is 0 Å². The van der Waals surface area contributed by atoms with Gasteiger partial charge in [0.2, 0.25) is 5.91 Å². The Morgan fingerprint density at radius 3 is 2.56 bits per heavy atom. The molecule has 1 fully saturated rings. The normalized spacial score (nSPS) is 14.9. The van der Waals surface area contributed by atoms with Crippen molar-refractivity contribution in [2.75, 3.05) is 29.9 Å². The molecule has 1 amide bonds. The van der Waals surface area contributed by atoms with Gasteiger partial charge < -0.3 is 20.1 Å². The molecule has 8 heteroatoms. The van der Waals surface area contributed by atoms with Gasteiger partial charge in [-0.05, 0) is 25.8 Å². The molecule has 0 spiro atoms. The third-order valence-electron chi connectivity index (χ3n) is 4.12. The lowest BCUT2D eigenvalue weighted by atomic mass is 9.96. The number of nitrogens with one attached hydrogen (secondary N) is 1. The first-order valence-electron chi connectivity index (χ1n) is 8.41. The molecule has 2 rings (SSSR count). The molecule has 1 saturated heterocycles. The Balaban J connectivity index is 2.12. The highest BCUT2D eigenvalue weighted by Crippen LogP contribution is 2.27. The van der Waals surface area contributed by atoms with E-state index in [2.05, 4.69) is 10.3 Å². The number of hydrogen-bond acceptors (Lipinski definition) is 6. The first kappa shape index (κ1) is 18.7. The lowest BCUT2D eigenvalue weighted by molar-refractivity contribution is -0.148. The van der Waals surface area contributed by atoms with Crippen molar-refractivity contribution in [1.82, 2.24) is 4.98 Å². The van der Waals surface area contributed by atoms with Crippen molar-refractivity contribution in [2.24, 2.45) is 5.92 Å². The molecule has 0 aromatic carbocycles. The van der Waals surface area contributed by atoms with E-state index in [0.717, 1.165) is 0 Å². The van der Waals surface area contributed by atoms with Gasteiger partial charge >= 0.3 is 11.9 Å². The summed E-state index contributed by atoms with van der Waals surface area (Å²) in [5.74, 6) is -1.33. The van der Waals surface area contributed by atoms with Crippen molar-refractivity contribution in [2.45, 2.75) is 33.1 Å². The number of carboxylic acid groups (broad SMARTS) is 1. The number of ether oxygens (including phenoxy) is 1. The molecule has 25 heavy (non-hydrogen) atoms. The van der Waals surface area contributed by atoms with Gasteiger partial charge in [0.1, 0.15) is 11.4 Å². The Bertz CT molecular complexity index is 654. The van der Waals surface area contributed by atoms with Gasteiger partial charge in [-0.2, -0.15) is 0 Å². The molecule has 2 N–H and O–H groups in total. The number of esters is 1. The SMILES string of the molecule is CCOC(=O)C1CCN(c2ncc(NC(=O)CC)cc2C(=O)O)CC1. The molecule has 2 heterocycles. The van der Waals surface area contributed by atoms with Crippen molar-refractivity contribution in [1.29, 1.82) is 0 Å². The number of carbonyl (C=O) groups excluding carboxylic acids is 2. The highest BCUT2D eigenvalue weighted by atomic mass is 16.5. The fourth-order valence-electron chi connectivity index (χ4n) is 2.77. The minimum atomic E-state index is -1.11. The molecule has 1 aromatic rings. The molecule has 8 nitrogen and oxygen atoms in total. The molecule has 0 unspecified atom stereocenters. The standard InChI is InChI=1S/C17H23N3O5/c1-3-14(21)19-12-9-13(16(22)23)15(18-10-12)20-7-5-11(6-8-20)17(24)25-4-2/h9-11H,3-8H2,1-2H3,(H,19,21)(H,22,23). The number of amides is 1. The summed E-state index contributed by atoms with van der Waals surface area (Å²) in [6.45, 7) is 4.89. The zero-order valence-electron chi connectivity index (χ0n) is 14.4. The molecular formula is C17H23N3O5. The minimum Gasteiger partial charge on any atom is -0.478 e. The van der Waals surface area contributed by atoms with Gasteiger partial charge in [0.25, 0.3) is 0 Å². The van der Waals surface area contributed by atoms with E-state index < -0.39 is 5.97 Å². The number of pyridine rings is 1. The second kappa shape index (κ2) is 8.46. The smallest absolute Gasteiger partial charge is 0.339 e. The predicted molar refractivity (Wildman–Crippen MR) is 91.7 cm³/mol. The van der Waals surface area contributed by atoms with Crippen LogP contribution >= 0.6 is 0 Å². The highest BCUT2D eigenvalue weighted by molar-refractivity contribution is 5.97. The van der Waals surface area contributed by atoms with Crippen LogP contribution in [0.1, 0.15) is 43.5 Å².